The van der Waals surface area contributed by atoms with Crippen LogP contribution in [0, 0.1) is 20.8 Å². The predicted octanol–water partition coefficient (Wildman–Crippen LogP) is 3.45. The van der Waals surface area contributed by atoms with Gasteiger partial charge in [0.25, 0.3) is 5.91 Å². The molecule has 0 spiro atoms. The zero-order valence-corrected chi connectivity index (χ0v) is 14.7. The molecule has 128 valence electrons. The number of ether oxygens (including phenoxy) is 1. The summed E-state index contributed by atoms with van der Waals surface area (Å²) < 4.78 is 6.79. The maximum absolute atomic E-state index is 12.6. The van der Waals surface area contributed by atoms with Crippen LogP contribution in [0.15, 0.2) is 42.5 Å². The van der Waals surface area contributed by atoms with Gasteiger partial charge in [-0.15, -0.1) is 5.10 Å². The van der Waals surface area contributed by atoms with Crippen LogP contribution < -0.4 is 10.1 Å². The lowest BCUT2D eigenvalue weighted by Gasteiger charge is -2.07. The molecule has 0 saturated carbocycles. The Kier molecular flexibility index (Phi) is 4.52. The third-order valence-electron chi connectivity index (χ3n) is 3.91. The molecule has 3 aromatic rings. The topological polar surface area (TPSA) is 69.0 Å². The number of nitrogens with zero attached hydrogens (tertiary/aromatic N) is 3. The standard InChI is InChI=1S/C19H20N4O2/c1-12-9-13(2)11-15(10-12)20-19(24)18-14(3)23(22-21-18)16-5-7-17(25-4)8-6-16/h5-11H,1-4H3,(H,20,24). The van der Waals surface area contributed by atoms with Crippen LogP contribution in [0.3, 0.4) is 0 Å². The Morgan fingerprint density at radius 1 is 1.04 bits per heavy atom. The highest BCUT2D eigenvalue weighted by Gasteiger charge is 2.17. The van der Waals surface area contributed by atoms with E-state index in [1.54, 1.807) is 11.8 Å². The summed E-state index contributed by atoms with van der Waals surface area (Å²) in [5.41, 5.74) is 4.72. The van der Waals surface area contributed by atoms with E-state index in [2.05, 4.69) is 21.7 Å². The van der Waals surface area contributed by atoms with Crippen LogP contribution in [0.4, 0.5) is 5.69 Å². The van der Waals surface area contributed by atoms with Crippen molar-refractivity contribution >= 4 is 11.6 Å². The first-order valence-electron chi connectivity index (χ1n) is 7.94. The van der Waals surface area contributed by atoms with Gasteiger partial charge in [-0.25, -0.2) is 4.68 Å². The Hall–Kier alpha value is -3.15. The average molecular weight is 336 g/mol. The van der Waals surface area contributed by atoms with Crippen molar-refractivity contribution in [3.05, 3.63) is 65.0 Å². The van der Waals surface area contributed by atoms with E-state index < -0.39 is 0 Å². The SMILES string of the molecule is COc1ccc(-n2nnc(C(=O)Nc3cc(C)cc(C)c3)c2C)cc1. The van der Waals surface area contributed by atoms with Crippen molar-refractivity contribution in [1.82, 2.24) is 15.0 Å². The number of aromatic nitrogens is 3. The summed E-state index contributed by atoms with van der Waals surface area (Å²) in [4.78, 5) is 12.6. The summed E-state index contributed by atoms with van der Waals surface area (Å²) in [7, 11) is 1.62. The Labute approximate surface area is 146 Å². The van der Waals surface area contributed by atoms with Gasteiger partial charge in [0.05, 0.1) is 18.5 Å². The van der Waals surface area contributed by atoms with Gasteiger partial charge in [-0.2, -0.15) is 0 Å². The second-order valence-electron chi connectivity index (χ2n) is 5.96. The number of carbonyl (C=O) groups is 1. The fraction of sp³-hybridized carbons (Fsp3) is 0.211. The van der Waals surface area contributed by atoms with Crippen LogP contribution in [0.1, 0.15) is 27.3 Å². The van der Waals surface area contributed by atoms with Crippen molar-refractivity contribution in [3.63, 3.8) is 0 Å². The lowest BCUT2D eigenvalue weighted by molar-refractivity contribution is 0.102. The largest absolute Gasteiger partial charge is 0.497 e. The molecular weight excluding hydrogens is 316 g/mol. The first-order valence-corrected chi connectivity index (χ1v) is 7.94. The number of hydrogen-bond acceptors (Lipinski definition) is 4. The lowest BCUT2D eigenvalue weighted by atomic mass is 10.1. The minimum atomic E-state index is -0.276. The van der Waals surface area contributed by atoms with Gasteiger partial charge in [-0.3, -0.25) is 4.79 Å². The van der Waals surface area contributed by atoms with Crippen LogP contribution in [0.2, 0.25) is 0 Å². The minimum Gasteiger partial charge on any atom is -0.497 e. The monoisotopic (exact) mass is 336 g/mol. The van der Waals surface area contributed by atoms with Crippen molar-refractivity contribution in [3.8, 4) is 11.4 Å². The molecule has 3 rings (SSSR count). The van der Waals surface area contributed by atoms with Gasteiger partial charge >= 0.3 is 0 Å². The first-order chi connectivity index (χ1) is 12.0. The van der Waals surface area contributed by atoms with E-state index >= 15 is 0 Å². The Balaban J connectivity index is 1.85. The zero-order chi connectivity index (χ0) is 18.0. The van der Waals surface area contributed by atoms with Crippen LogP contribution in [-0.2, 0) is 0 Å². The number of aryl methyl sites for hydroxylation is 2. The van der Waals surface area contributed by atoms with E-state index in [0.717, 1.165) is 28.3 Å². The number of carbonyl (C=O) groups excluding carboxylic acids is 1. The molecule has 0 atom stereocenters. The highest BCUT2D eigenvalue weighted by atomic mass is 16.5. The van der Waals surface area contributed by atoms with Gasteiger partial charge in [-0.05, 0) is 68.3 Å². The number of methoxy groups -OCH3 is 1. The van der Waals surface area contributed by atoms with Crippen molar-refractivity contribution in [2.24, 2.45) is 0 Å². The van der Waals surface area contributed by atoms with Crippen LogP contribution in [-0.4, -0.2) is 28.0 Å². The maximum atomic E-state index is 12.6. The Morgan fingerprint density at radius 3 is 2.28 bits per heavy atom. The van der Waals surface area contributed by atoms with E-state index in [1.807, 2.05) is 57.2 Å². The third-order valence-corrected chi connectivity index (χ3v) is 3.91. The van der Waals surface area contributed by atoms with Gasteiger partial charge in [0.15, 0.2) is 5.69 Å². The summed E-state index contributed by atoms with van der Waals surface area (Å²) >= 11 is 0. The second-order valence-corrected chi connectivity index (χ2v) is 5.96. The molecule has 6 nitrogen and oxygen atoms in total. The molecule has 0 saturated heterocycles. The van der Waals surface area contributed by atoms with Crippen LogP contribution in [0.5, 0.6) is 5.75 Å². The summed E-state index contributed by atoms with van der Waals surface area (Å²) in [6, 6.07) is 13.3. The van der Waals surface area contributed by atoms with E-state index in [-0.39, 0.29) is 5.91 Å². The third kappa shape index (κ3) is 3.52. The lowest BCUT2D eigenvalue weighted by Crippen LogP contribution is -2.14. The van der Waals surface area contributed by atoms with E-state index in [0.29, 0.717) is 11.4 Å². The molecule has 0 unspecified atom stereocenters. The van der Waals surface area contributed by atoms with Crippen molar-refractivity contribution in [1.29, 1.82) is 0 Å². The smallest absolute Gasteiger partial charge is 0.278 e. The molecule has 0 fully saturated rings. The average Bonchev–Trinajstić information content (AvgIpc) is 2.95. The fourth-order valence-corrected chi connectivity index (χ4v) is 2.74. The molecule has 0 aliphatic carbocycles. The fourth-order valence-electron chi connectivity index (χ4n) is 2.74. The van der Waals surface area contributed by atoms with Gasteiger partial charge < -0.3 is 10.1 Å². The van der Waals surface area contributed by atoms with E-state index in [9.17, 15) is 4.79 Å². The first kappa shape index (κ1) is 16.7. The molecule has 25 heavy (non-hydrogen) atoms. The summed E-state index contributed by atoms with van der Waals surface area (Å²) in [5, 5.41) is 11.0. The number of nitrogens with one attached hydrogen (secondary N) is 1. The number of rotatable bonds is 4. The van der Waals surface area contributed by atoms with E-state index in [1.165, 1.54) is 0 Å². The van der Waals surface area contributed by atoms with Gasteiger partial charge in [-0.1, -0.05) is 11.3 Å². The molecule has 6 heteroatoms. The molecule has 2 aromatic carbocycles. The van der Waals surface area contributed by atoms with Crippen LogP contribution >= 0.6 is 0 Å². The van der Waals surface area contributed by atoms with Crippen molar-refractivity contribution in [2.75, 3.05) is 12.4 Å². The molecular formula is C19H20N4O2. The molecule has 1 N–H and O–H groups in total. The molecule has 0 aliphatic rings. The summed E-state index contributed by atoms with van der Waals surface area (Å²) in [5.74, 6) is 0.483. The Morgan fingerprint density at radius 2 is 1.68 bits per heavy atom. The van der Waals surface area contributed by atoms with Gasteiger partial charge in [0, 0.05) is 5.69 Å². The van der Waals surface area contributed by atoms with Crippen LogP contribution in [0.25, 0.3) is 5.69 Å². The predicted molar refractivity (Wildman–Crippen MR) is 96.5 cm³/mol. The maximum Gasteiger partial charge on any atom is 0.278 e. The molecule has 1 amide bonds. The van der Waals surface area contributed by atoms with Crippen molar-refractivity contribution in [2.45, 2.75) is 20.8 Å². The minimum absolute atomic E-state index is 0.276. The number of anilines is 1. The molecule has 1 heterocycles. The zero-order valence-electron chi connectivity index (χ0n) is 14.7. The quantitative estimate of drug-likeness (QED) is 0.792. The highest BCUT2D eigenvalue weighted by molar-refractivity contribution is 6.03. The number of hydrogen-bond donors (Lipinski definition) is 1. The molecule has 0 bridgehead atoms. The Bertz CT molecular complexity index is 893. The summed E-state index contributed by atoms with van der Waals surface area (Å²) in [6.07, 6.45) is 0. The van der Waals surface area contributed by atoms with Crippen molar-refractivity contribution < 1.29 is 9.53 Å². The van der Waals surface area contributed by atoms with Gasteiger partial charge in [0.2, 0.25) is 0 Å². The van der Waals surface area contributed by atoms with Gasteiger partial charge in [0.1, 0.15) is 5.75 Å². The molecule has 1 aromatic heterocycles. The normalized spacial score (nSPS) is 10.6. The number of amides is 1. The second kappa shape index (κ2) is 6.76. The van der Waals surface area contributed by atoms with E-state index in [4.69, 9.17) is 4.74 Å². The number of benzene rings is 2. The summed E-state index contributed by atoms with van der Waals surface area (Å²) in [6.45, 7) is 5.81. The highest BCUT2D eigenvalue weighted by Crippen LogP contribution is 2.18. The molecule has 0 radical (unpaired) electrons. The molecule has 0 aliphatic heterocycles.